The Bertz CT molecular complexity index is 1180. The molecular weight excluding hydrogens is 350 g/mol. The minimum atomic E-state index is -2.18. The van der Waals surface area contributed by atoms with E-state index in [4.69, 9.17) is 19.8 Å². The molecule has 3 heterocycles. The van der Waals surface area contributed by atoms with Gasteiger partial charge in [0.2, 0.25) is 0 Å². The topological polar surface area (TPSA) is 45.8 Å². The number of anilines is 1. The monoisotopic (exact) mass is 377 g/mol. The summed E-state index contributed by atoms with van der Waals surface area (Å²) >= 11 is 6.03. The number of fused-ring (bicyclic) bond motifs is 1. The molecule has 1 fully saturated rings. The van der Waals surface area contributed by atoms with Crippen LogP contribution in [0.5, 0.6) is 0 Å². The van der Waals surface area contributed by atoms with Gasteiger partial charge in [-0.05, 0) is 36.7 Å². The molecule has 0 spiro atoms. The van der Waals surface area contributed by atoms with E-state index >= 15 is 0 Å². The van der Waals surface area contributed by atoms with Crippen LogP contribution in [-0.4, -0.2) is 51.7 Å². The van der Waals surface area contributed by atoms with E-state index in [9.17, 15) is 4.79 Å². The molecule has 1 saturated heterocycles. The van der Waals surface area contributed by atoms with Gasteiger partial charge in [-0.2, -0.15) is 0 Å². The van der Waals surface area contributed by atoms with Crippen LogP contribution in [0, 0.1) is 0 Å². The van der Waals surface area contributed by atoms with Crippen LogP contribution in [0.4, 0.5) is 5.69 Å². The van der Waals surface area contributed by atoms with Crippen LogP contribution in [0.3, 0.4) is 0 Å². The van der Waals surface area contributed by atoms with Crippen LogP contribution in [0.1, 0.15) is 14.6 Å². The van der Waals surface area contributed by atoms with Gasteiger partial charge in [0.25, 0.3) is 0 Å². The predicted octanol–water partition coefficient (Wildman–Crippen LogP) is 2.36. The van der Waals surface area contributed by atoms with Gasteiger partial charge in [-0.25, -0.2) is 9.48 Å². The third kappa shape index (κ3) is 3.61. The van der Waals surface area contributed by atoms with Gasteiger partial charge in [0.1, 0.15) is 0 Å². The maximum absolute atomic E-state index is 12.5. The number of hydrogen-bond acceptors (Lipinski definition) is 4. The lowest BCUT2D eigenvalue weighted by atomic mass is 10.2. The van der Waals surface area contributed by atoms with Crippen molar-refractivity contribution in [3.63, 3.8) is 0 Å². The first-order chi connectivity index (χ1) is 14.9. The van der Waals surface area contributed by atoms with Crippen LogP contribution in [-0.2, 0) is 6.54 Å². The Hall–Kier alpha value is -2.31. The van der Waals surface area contributed by atoms with Gasteiger partial charge >= 0.3 is 5.69 Å². The van der Waals surface area contributed by atoms with E-state index in [1.165, 1.54) is 10.6 Å². The maximum Gasteiger partial charge on any atom is 0.350 e. The molecule has 7 heteroatoms. The van der Waals surface area contributed by atoms with Crippen molar-refractivity contribution in [3.8, 4) is 0 Å². The SMILES string of the molecule is [2H]C([2H])(CN1C([2H])([2H])CN(c2cccc(Cl)c2)CC1([2H])[2H])Cn1nc2ccccn2c1=O. The van der Waals surface area contributed by atoms with Crippen molar-refractivity contribution >= 4 is 22.9 Å². The zero-order chi connectivity index (χ0) is 23.3. The number of pyridine rings is 1. The average Bonchev–Trinajstić information content (AvgIpc) is 2.99. The van der Waals surface area contributed by atoms with Crippen molar-refractivity contribution in [1.29, 1.82) is 0 Å². The fourth-order valence-electron chi connectivity index (χ4n) is 2.76. The van der Waals surface area contributed by atoms with Gasteiger partial charge in [-0.3, -0.25) is 9.30 Å². The molecule has 4 rings (SSSR count). The summed E-state index contributed by atoms with van der Waals surface area (Å²) in [6.45, 7) is -5.69. The summed E-state index contributed by atoms with van der Waals surface area (Å²) in [7, 11) is 0. The zero-order valence-electron chi connectivity index (χ0n) is 20.0. The molecule has 0 unspecified atom stereocenters. The molecule has 0 amide bonds. The van der Waals surface area contributed by atoms with E-state index in [0.29, 0.717) is 16.4 Å². The van der Waals surface area contributed by atoms with Crippen molar-refractivity contribution in [3.05, 3.63) is 64.2 Å². The highest BCUT2D eigenvalue weighted by Gasteiger charge is 2.17. The lowest BCUT2D eigenvalue weighted by Crippen LogP contribution is -2.46. The minimum Gasteiger partial charge on any atom is -0.369 e. The normalized spacial score (nSPS) is 23.5. The molecule has 0 atom stereocenters. The summed E-state index contributed by atoms with van der Waals surface area (Å²) in [6, 6.07) is 11.8. The maximum atomic E-state index is 12.5. The fraction of sp³-hybridized carbons (Fsp3) is 0.368. The number of hydrogen-bond donors (Lipinski definition) is 0. The van der Waals surface area contributed by atoms with Crippen LogP contribution >= 0.6 is 11.6 Å². The second kappa shape index (κ2) is 7.51. The average molecular weight is 378 g/mol. The molecule has 0 bridgehead atoms. The van der Waals surface area contributed by atoms with Crippen molar-refractivity contribution < 1.29 is 8.22 Å². The predicted molar refractivity (Wildman–Crippen MR) is 104 cm³/mol. The largest absolute Gasteiger partial charge is 0.369 e. The highest BCUT2D eigenvalue weighted by molar-refractivity contribution is 6.30. The molecule has 1 aliphatic rings. The van der Waals surface area contributed by atoms with Gasteiger partial charge in [-0.1, -0.05) is 23.7 Å². The smallest absolute Gasteiger partial charge is 0.350 e. The molecule has 0 radical (unpaired) electrons. The zero-order valence-corrected chi connectivity index (χ0v) is 14.7. The third-order valence-electron chi connectivity index (χ3n) is 4.10. The number of benzene rings is 1. The summed E-state index contributed by atoms with van der Waals surface area (Å²) in [5.41, 5.74) is 0.444. The Morgan fingerprint density at radius 1 is 1.15 bits per heavy atom. The molecular formula is C19H22ClN5O. The summed E-state index contributed by atoms with van der Waals surface area (Å²) in [5, 5.41) is 4.58. The number of aromatic nitrogens is 3. The number of nitrogens with zero attached hydrogens (tertiary/aromatic N) is 5. The molecule has 0 aliphatic carbocycles. The first kappa shape index (κ1) is 11.4. The van der Waals surface area contributed by atoms with E-state index in [-0.39, 0.29) is 13.1 Å². The lowest BCUT2D eigenvalue weighted by molar-refractivity contribution is 0.248. The molecule has 0 N–H and O–H groups in total. The number of aryl methyl sites for hydroxylation is 1. The molecule has 3 aromatic rings. The summed E-state index contributed by atoms with van der Waals surface area (Å²) in [6.07, 6.45) is -0.594. The Labute approximate surface area is 165 Å². The third-order valence-corrected chi connectivity index (χ3v) is 4.33. The van der Waals surface area contributed by atoms with Crippen molar-refractivity contribution in [2.75, 3.05) is 37.5 Å². The van der Waals surface area contributed by atoms with Crippen LogP contribution < -0.4 is 10.6 Å². The summed E-state index contributed by atoms with van der Waals surface area (Å²) in [5.74, 6) is 0. The second-order valence-corrected chi connectivity index (χ2v) is 6.29. The fourth-order valence-corrected chi connectivity index (χ4v) is 2.94. The number of rotatable bonds is 5. The standard InChI is InChI=1S/C19H22ClN5O/c20-16-5-3-6-17(15-16)23-13-11-22(12-14-23)8-4-10-25-19(26)24-9-2-1-7-18(24)21-25/h1-3,5-7,9,15H,4,8,10-14H2/i4D2,11D2,12D2. The van der Waals surface area contributed by atoms with Crippen molar-refractivity contribution in [2.24, 2.45) is 0 Å². The van der Waals surface area contributed by atoms with Crippen molar-refractivity contribution in [2.45, 2.75) is 12.9 Å². The van der Waals surface area contributed by atoms with E-state index in [1.807, 2.05) is 0 Å². The van der Waals surface area contributed by atoms with E-state index in [0.717, 1.165) is 9.58 Å². The Balaban J connectivity index is 1.57. The van der Waals surface area contributed by atoms with Gasteiger partial charge in [-0.15, -0.1) is 5.10 Å². The van der Waals surface area contributed by atoms with Gasteiger partial charge in [0.15, 0.2) is 5.65 Å². The Morgan fingerprint density at radius 2 is 2.00 bits per heavy atom. The summed E-state index contributed by atoms with van der Waals surface area (Å²) in [4.78, 5) is 14.9. The first-order valence-corrected chi connectivity index (χ1v) is 8.58. The van der Waals surface area contributed by atoms with Gasteiger partial charge in [0, 0.05) is 64.3 Å². The summed E-state index contributed by atoms with van der Waals surface area (Å²) < 4.78 is 53.1. The molecule has 0 saturated carbocycles. The van der Waals surface area contributed by atoms with E-state index < -0.39 is 38.1 Å². The minimum absolute atomic E-state index is 0.169. The Morgan fingerprint density at radius 3 is 2.77 bits per heavy atom. The molecule has 136 valence electrons. The molecule has 6 nitrogen and oxygen atoms in total. The second-order valence-electron chi connectivity index (χ2n) is 5.86. The molecule has 1 aliphatic heterocycles. The quantitative estimate of drug-likeness (QED) is 0.684. The molecule has 1 aromatic carbocycles. The Kier molecular flexibility index (Phi) is 3.30. The van der Waals surface area contributed by atoms with Crippen LogP contribution in [0.25, 0.3) is 5.65 Å². The van der Waals surface area contributed by atoms with Gasteiger partial charge < -0.3 is 4.90 Å². The number of halogens is 1. The van der Waals surface area contributed by atoms with Crippen LogP contribution in [0.2, 0.25) is 5.02 Å². The number of piperazine rings is 1. The molecule has 26 heavy (non-hydrogen) atoms. The van der Waals surface area contributed by atoms with Crippen LogP contribution in [0.15, 0.2) is 53.5 Å². The molecule has 2 aromatic heterocycles. The lowest BCUT2D eigenvalue weighted by Gasteiger charge is -2.36. The van der Waals surface area contributed by atoms with E-state index in [1.54, 1.807) is 47.4 Å². The highest BCUT2D eigenvalue weighted by atomic mass is 35.5. The van der Waals surface area contributed by atoms with Gasteiger partial charge in [0.05, 0.1) is 0 Å². The van der Waals surface area contributed by atoms with Crippen molar-refractivity contribution in [1.82, 2.24) is 19.1 Å². The first-order valence-electron chi connectivity index (χ1n) is 11.2. The van der Waals surface area contributed by atoms with E-state index in [2.05, 4.69) is 5.10 Å². The highest BCUT2D eigenvalue weighted by Crippen LogP contribution is 2.20.